The van der Waals surface area contributed by atoms with Crippen molar-refractivity contribution >= 4 is 22.7 Å². The van der Waals surface area contributed by atoms with E-state index in [1.165, 1.54) is 10.9 Å². The maximum atomic E-state index is 12.9. The fraction of sp³-hybridized carbons (Fsp3) is 0.368. The van der Waals surface area contributed by atoms with E-state index in [0.717, 1.165) is 22.4 Å². The van der Waals surface area contributed by atoms with Crippen molar-refractivity contribution in [3.05, 3.63) is 51.2 Å². The molecule has 2 aromatic heterocycles. The van der Waals surface area contributed by atoms with E-state index in [4.69, 9.17) is 4.52 Å². The lowest BCUT2D eigenvalue weighted by Gasteiger charge is -2.19. The Labute approximate surface area is 151 Å². The third-order valence-electron chi connectivity index (χ3n) is 4.54. The molecule has 7 heteroatoms. The van der Waals surface area contributed by atoms with E-state index in [1.54, 1.807) is 6.92 Å². The monoisotopic (exact) mass is 354 g/mol. The van der Waals surface area contributed by atoms with Crippen LogP contribution < -0.4 is 10.9 Å². The van der Waals surface area contributed by atoms with Crippen molar-refractivity contribution in [2.75, 3.05) is 5.32 Å². The molecule has 0 radical (unpaired) electrons. The molecule has 26 heavy (non-hydrogen) atoms. The van der Waals surface area contributed by atoms with Gasteiger partial charge >= 0.3 is 0 Å². The Morgan fingerprint density at radius 3 is 2.50 bits per heavy atom. The molecule has 0 fully saturated rings. The van der Waals surface area contributed by atoms with Gasteiger partial charge in [-0.05, 0) is 45.2 Å². The lowest BCUT2D eigenvalue weighted by Crippen LogP contribution is -2.33. The van der Waals surface area contributed by atoms with Gasteiger partial charge in [-0.25, -0.2) is 4.98 Å². The lowest BCUT2D eigenvalue weighted by molar-refractivity contribution is -0.119. The Hall–Kier alpha value is -2.96. The summed E-state index contributed by atoms with van der Waals surface area (Å²) in [6, 6.07) is 3.36. The minimum Gasteiger partial charge on any atom is -0.335 e. The first-order valence-electron chi connectivity index (χ1n) is 8.55. The second-order valence-electron chi connectivity index (χ2n) is 6.59. The number of hydrogen-bond acceptors (Lipinski definition) is 5. The number of carbonyl (C=O) groups is 1. The first-order valence-corrected chi connectivity index (χ1v) is 8.55. The summed E-state index contributed by atoms with van der Waals surface area (Å²) in [6.45, 7) is 9.46. The quantitative estimate of drug-likeness (QED) is 0.777. The van der Waals surface area contributed by atoms with Crippen molar-refractivity contribution in [3.63, 3.8) is 0 Å². The van der Waals surface area contributed by atoms with Crippen LogP contribution in [0.2, 0.25) is 0 Å². The summed E-state index contributed by atoms with van der Waals surface area (Å²) in [5, 5.41) is 7.06. The summed E-state index contributed by atoms with van der Waals surface area (Å²) in [6.07, 6.45) is 1.80. The van der Waals surface area contributed by atoms with Gasteiger partial charge in [0.2, 0.25) is 5.91 Å². The van der Waals surface area contributed by atoms with Crippen LogP contribution in [0.15, 0.2) is 27.8 Å². The van der Waals surface area contributed by atoms with Gasteiger partial charge in [-0.1, -0.05) is 29.8 Å². The topological polar surface area (TPSA) is 90.0 Å². The molecular formula is C19H22N4O3. The summed E-state index contributed by atoms with van der Waals surface area (Å²) < 4.78 is 6.37. The van der Waals surface area contributed by atoms with Crippen molar-refractivity contribution < 1.29 is 9.32 Å². The maximum Gasteiger partial charge on any atom is 0.267 e. The molecule has 0 bridgehead atoms. The van der Waals surface area contributed by atoms with Gasteiger partial charge in [-0.15, -0.1) is 0 Å². The van der Waals surface area contributed by atoms with E-state index in [9.17, 15) is 9.59 Å². The number of aryl methyl sites for hydroxylation is 4. The van der Waals surface area contributed by atoms with Gasteiger partial charge in [0.15, 0.2) is 0 Å². The molecule has 0 aliphatic carbocycles. The number of hydrogen-bond donors (Lipinski definition) is 1. The van der Waals surface area contributed by atoms with E-state index in [0.29, 0.717) is 17.5 Å². The Morgan fingerprint density at radius 1 is 1.23 bits per heavy atom. The van der Waals surface area contributed by atoms with E-state index in [1.807, 2.05) is 39.8 Å². The second kappa shape index (κ2) is 6.74. The zero-order valence-corrected chi connectivity index (χ0v) is 15.6. The van der Waals surface area contributed by atoms with Crippen LogP contribution in [0.1, 0.15) is 41.8 Å². The van der Waals surface area contributed by atoms with Crippen LogP contribution in [0.4, 0.5) is 5.69 Å². The van der Waals surface area contributed by atoms with Crippen LogP contribution in [0.3, 0.4) is 0 Å². The van der Waals surface area contributed by atoms with Gasteiger partial charge in [0.05, 0.1) is 5.69 Å². The highest BCUT2D eigenvalue weighted by Crippen LogP contribution is 2.24. The third kappa shape index (κ3) is 3.00. The molecule has 1 N–H and O–H groups in total. The van der Waals surface area contributed by atoms with Crippen molar-refractivity contribution in [1.82, 2.24) is 14.7 Å². The van der Waals surface area contributed by atoms with E-state index in [2.05, 4.69) is 15.5 Å². The highest BCUT2D eigenvalue weighted by molar-refractivity contribution is 5.95. The molecule has 1 aromatic carbocycles. The molecule has 1 amide bonds. The normalized spacial score (nSPS) is 12.3. The van der Waals surface area contributed by atoms with E-state index < -0.39 is 6.04 Å². The molecule has 0 saturated carbocycles. The molecular weight excluding hydrogens is 332 g/mol. The Kier molecular flexibility index (Phi) is 4.63. The van der Waals surface area contributed by atoms with Gasteiger partial charge in [0, 0.05) is 5.69 Å². The molecule has 7 nitrogen and oxygen atoms in total. The van der Waals surface area contributed by atoms with E-state index in [-0.39, 0.29) is 17.2 Å². The zero-order valence-electron chi connectivity index (χ0n) is 15.6. The van der Waals surface area contributed by atoms with Gasteiger partial charge in [0.1, 0.15) is 17.8 Å². The van der Waals surface area contributed by atoms with Gasteiger partial charge in [-0.3, -0.25) is 14.2 Å². The van der Waals surface area contributed by atoms with Crippen LogP contribution in [-0.4, -0.2) is 20.6 Å². The number of amides is 1. The fourth-order valence-electron chi connectivity index (χ4n) is 3.30. The number of nitrogens with zero attached hydrogens (tertiary/aromatic N) is 3. The van der Waals surface area contributed by atoms with Crippen LogP contribution in [0.25, 0.3) is 11.1 Å². The van der Waals surface area contributed by atoms with Crippen LogP contribution in [0.5, 0.6) is 0 Å². The van der Waals surface area contributed by atoms with Crippen LogP contribution >= 0.6 is 0 Å². The SMILES string of the molecule is CC[C@H](C(=O)Nc1c(C)cc(C)cc1C)n1cnc2onc(C)c2c1=O. The Bertz CT molecular complexity index is 1030. The molecule has 3 aromatic rings. The fourth-order valence-corrected chi connectivity index (χ4v) is 3.30. The number of anilines is 1. The minimum atomic E-state index is -0.672. The van der Waals surface area contributed by atoms with E-state index >= 15 is 0 Å². The number of fused-ring (bicyclic) bond motifs is 1. The molecule has 0 aliphatic rings. The van der Waals surface area contributed by atoms with Gasteiger partial charge in [-0.2, -0.15) is 0 Å². The summed E-state index contributed by atoms with van der Waals surface area (Å²) in [5.74, 6) is -0.250. The highest BCUT2D eigenvalue weighted by Gasteiger charge is 2.23. The Morgan fingerprint density at radius 2 is 1.88 bits per heavy atom. The van der Waals surface area contributed by atoms with Crippen molar-refractivity contribution in [2.24, 2.45) is 0 Å². The molecule has 0 aliphatic heterocycles. The summed E-state index contributed by atoms with van der Waals surface area (Å²) in [5.41, 5.74) is 4.22. The lowest BCUT2D eigenvalue weighted by atomic mass is 10.0. The van der Waals surface area contributed by atoms with Crippen molar-refractivity contribution in [3.8, 4) is 0 Å². The van der Waals surface area contributed by atoms with Crippen LogP contribution in [-0.2, 0) is 4.79 Å². The highest BCUT2D eigenvalue weighted by atomic mass is 16.5. The smallest absolute Gasteiger partial charge is 0.267 e. The molecule has 0 saturated heterocycles. The predicted octanol–water partition coefficient (Wildman–Crippen LogP) is 3.21. The minimum absolute atomic E-state index is 0.184. The average Bonchev–Trinajstić information content (AvgIpc) is 2.95. The summed E-state index contributed by atoms with van der Waals surface area (Å²) >= 11 is 0. The van der Waals surface area contributed by atoms with Crippen molar-refractivity contribution in [2.45, 2.75) is 47.1 Å². The largest absolute Gasteiger partial charge is 0.335 e. The Balaban J connectivity index is 1.99. The number of aromatic nitrogens is 3. The number of nitrogens with one attached hydrogen (secondary N) is 1. The number of rotatable bonds is 4. The summed E-state index contributed by atoms with van der Waals surface area (Å²) in [7, 11) is 0. The van der Waals surface area contributed by atoms with Crippen molar-refractivity contribution in [1.29, 1.82) is 0 Å². The van der Waals surface area contributed by atoms with Crippen LogP contribution in [0, 0.1) is 27.7 Å². The van der Waals surface area contributed by atoms with Gasteiger partial charge in [0.25, 0.3) is 11.3 Å². The zero-order chi connectivity index (χ0) is 19.0. The maximum absolute atomic E-state index is 12.9. The molecule has 0 spiro atoms. The number of benzene rings is 1. The molecule has 1 atom stereocenters. The number of carbonyl (C=O) groups excluding carboxylic acids is 1. The van der Waals surface area contributed by atoms with Gasteiger partial charge < -0.3 is 9.84 Å². The first-order chi connectivity index (χ1) is 12.3. The molecule has 2 heterocycles. The first kappa shape index (κ1) is 17.8. The molecule has 136 valence electrons. The predicted molar refractivity (Wildman–Crippen MR) is 99.4 cm³/mol. The molecule has 3 rings (SSSR count). The standard InChI is InChI=1S/C19H22N4O3/c1-6-14(17(24)21-16-11(3)7-10(2)8-12(16)4)23-9-20-18-15(19(23)25)13(5)22-26-18/h7-9,14H,6H2,1-5H3,(H,21,24)/t14-/m1/s1. The second-order valence-corrected chi connectivity index (χ2v) is 6.59. The molecule has 0 unspecified atom stereocenters. The third-order valence-corrected chi connectivity index (χ3v) is 4.54. The average molecular weight is 354 g/mol. The summed E-state index contributed by atoms with van der Waals surface area (Å²) in [4.78, 5) is 29.8.